The Balaban J connectivity index is 0.000000170. The molecular weight excluding hydrogens is 341 g/mol. The molecule has 0 spiro atoms. The van der Waals surface area contributed by atoms with Crippen LogP contribution in [0.2, 0.25) is 0 Å². The van der Waals surface area contributed by atoms with Crippen LogP contribution in [0.5, 0.6) is 0 Å². The summed E-state index contributed by atoms with van der Waals surface area (Å²) in [6, 6.07) is 0. The van der Waals surface area contributed by atoms with Crippen molar-refractivity contribution in [3.8, 4) is 0 Å². The molecule has 0 N–H and O–H groups in total. The van der Waals surface area contributed by atoms with Crippen molar-refractivity contribution in [2.75, 3.05) is 0 Å². The van der Waals surface area contributed by atoms with E-state index in [1.807, 2.05) is 17.3 Å². The van der Waals surface area contributed by atoms with Crippen molar-refractivity contribution in [2.45, 2.75) is 25.7 Å². The second kappa shape index (κ2) is 11.7. The molecule has 3 aliphatic rings. The Morgan fingerprint density at radius 3 is 1.42 bits per heavy atom. The van der Waals surface area contributed by atoms with Gasteiger partial charge >= 0.3 is 27.0 Å². The summed E-state index contributed by atoms with van der Waals surface area (Å²) in [5, 5.41) is 0. The maximum absolute atomic E-state index is 4.57. The summed E-state index contributed by atoms with van der Waals surface area (Å²) in [5.74, 6) is 2.66. The molecule has 0 bridgehead atoms. The van der Waals surface area contributed by atoms with Gasteiger partial charge in [-0.1, -0.05) is 48.6 Å². The minimum atomic E-state index is 1.23. The Morgan fingerprint density at radius 1 is 0.684 bits per heavy atom. The molecule has 0 heterocycles. The number of halogens is 1. The van der Waals surface area contributed by atoms with Crippen molar-refractivity contribution in [2.24, 2.45) is 0 Å². The zero-order valence-corrected chi connectivity index (χ0v) is 13.4. The van der Waals surface area contributed by atoms with Crippen LogP contribution in [0.3, 0.4) is 0 Å². The van der Waals surface area contributed by atoms with Gasteiger partial charge in [0.25, 0.3) is 0 Å². The van der Waals surface area contributed by atoms with Crippen molar-refractivity contribution in [3.05, 3.63) is 79.7 Å². The van der Waals surface area contributed by atoms with E-state index >= 15 is 0 Å². The molecule has 0 amide bonds. The van der Waals surface area contributed by atoms with Crippen molar-refractivity contribution in [1.82, 2.24) is 0 Å². The van der Waals surface area contributed by atoms with Gasteiger partial charge in [0, 0.05) is 11.8 Å². The fourth-order valence-corrected chi connectivity index (χ4v) is 1.93. The molecule has 0 aromatic rings. The van der Waals surface area contributed by atoms with E-state index in [0.717, 1.165) is 0 Å². The van der Waals surface area contributed by atoms with Crippen molar-refractivity contribution in [1.29, 1.82) is 0 Å². The van der Waals surface area contributed by atoms with Crippen molar-refractivity contribution in [3.63, 3.8) is 0 Å². The Morgan fingerprint density at radius 2 is 1.05 bits per heavy atom. The molecule has 0 saturated heterocycles. The Labute approximate surface area is 132 Å². The van der Waals surface area contributed by atoms with E-state index in [1.165, 1.54) is 37.5 Å². The van der Waals surface area contributed by atoms with E-state index in [1.54, 1.807) is 0 Å². The summed E-state index contributed by atoms with van der Waals surface area (Å²) in [6.45, 7) is 0. The molecule has 0 aromatic heterocycles. The monoisotopic (exact) mass is 360 g/mol. The third-order valence-corrected chi connectivity index (χ3v) is 2.88. The second-order valence-electron chi connectivity index (χ2n) is 4.25. The summed E-state index contributed by atoms with van der Waals surface area (Å²) in [5.41, 5.74) is 0. The summed E-state index contributed by atoms with van der Waals surface area (Å²) in [6.07, 6.45) is 28.7. The molecule has 3 rings (SSSR count). The van der Waals surface area contributed by atoms with E-state index in [4.69, 9.17) is 0 Å². The molecule has 101 valence electrons. The van der Waals surface area contributed by atoms with E-state index in [-0.39, 0.29) is 0 Å². The van der Waals surface area contributed by atoms with Crippen LogP contribution in [0, 0.1) is 31.1 Å². The van der Waals surface area contributed by atoms with Crippen LogP contribution < -0.4 is 0 Å². The average Bonchev–Trinajstić information content (AvgIpc) is 2.89. The van der Waals surface area contributed by atoms with Crippen molar-refractivity contribution < 1.29 is 17.3 Å². The molecule has 3 aliphatic carbocycles. The normalized spacial score (nSPS) is 24.9. The fraction of sp³-hybridized carbons (Fsp3) is 0.235. The molecule has 1 fully saturated rings. The SMILES string of the molecule is C1=C\CC/C=C\CC/1.[CH]1[CH][C]2C=CC=C[C]2[CH]1.[Cl][Ru+]. The first-order valence-electron chi connectivity index (χ1n) is 6.50. The van der Waals surface area contributed by atoms with Crippen LogP contribution in [0.25, 0.3) is 0 Å². The second-order valence-corrected chi connectivity index (χ2v) is 4.25. The van der Waals surface area contributed by atoms with Crippen LogP contribution in [0.4, 0.5) is 0 Å². The number of hydrogen-bond acceptors (Lipinski definition) is 0. The van der Waals surface area contributed by atoms with Gasteiger partial charge in [-0.15, -0.1) is 0 Å². The van der Waals surface area contributed by atoms with Crippen LogP contribution in [-0.4, -0.2) is 0 Å². The third-order valence-electron chi connectivity index (χ3n) is 2.88. The van der Waals surface area contributed by atoms with Crippen LogP contribution in [0.1, 0.15) is 25.7 Å². The molecule has 5 radical (unpaired) electrons. The Bertz CT molecular complexity index is 284. The molecule has 0 atom stereocenters. The first kappa shape index (κ1) is 16.9. The predicted octanol–water partition coefficient (Wildman–Crippen LogP) is 5.25. The summed E-state index contributed by atoms with van der Waals surface area (Å²) in [7, 11) is 4.57. The quantitative estimate of drug-likeness (QED) is 0.409. The van der Waals surface area contributed by atoms with Gasteiger partial charge in [0.15, 0.2) is 0 Å². The number of rotatable bonds is 0. The predicted molar refractivity (Wildman–Crippen MR) is 80.3 cm³/mol. The number of fused-ring (bicyclic) bond motifs is 1. The van der Waals surface area contributed by atoms with Gasteiger partial charge in [-0.05, 0) is 44.9 Å². The molecule has 0 nitrogen and oxygen atoms in total. The molecule has 0 unspecified atom stereocenters. The van der Waals surface area contributed by atoms with Gasteiger partial charge in [-0.3, -0.25) is 0 Å². The van der Waals surface area contributed by atoms with Crippen molar-refractivity contribution >= 4 is 9.69 Å². The van der Waals surface area contributed by atoms with Crippen LogP contribution in [-0.2, 0) is 17.3 Å². The molecule has 0 aromatic carbocycles. The topological polar surface area (TPSA) is 0 Å². The number of hydrogen-bond donors (Lipinski definition) is 0. The first-order chi connectivity index (χ1) is 9.47. The van der Waals surface area contributed by atoms with E-state index in [9.17, 15) is 0 Å². The van der Waals surface area contributed by atoms with Crippen LogP contribution >= 0.6 is 9.69 Å². The number of allylic oxidation sites excluding steroid dienone is 8. The molecule has 1 saturated carbocycles. The van der Waals surface area contributed by atoms with Crippen LogP contribution in [0.15, 0.2) is 48.6 Å². The van der Waals surface area contributed by atoms with Gasteiger partial charge < -0.3 is 0 Å². The summed E-state index contributed by atoms with van der Waals surface area (Å²) in [4.78, 5) is 0. The summed E-state index contributed by atoms with van der Waals surface area (Å²) < 4.78 is 0. The average molecular weight is 360 g/mol. The standard InChI is InChI=1S/C9H7.C8H12.ClH.Ru/c1-2-5-9-7-3-6-8(9)4-1;1-2-4-6-8-7-5-3-1;;/h1-7H;1-2,7-8H,3-6H2;1H;/q;;;+2/p-1/b;2-1-,8-7-;;. The van der Waals surface area contributed by atoms with E-state index in [0.29, 0.717) is 0 Å². The zero-order valence-electron chi connectivity index (χ0n) is 10.9. The van der Waals surface area contributed by atoms with E-state index in [2.05, 4.69) is 77.6 Å². The maximum atomic E-state index is 4.57. The molecule has 19 heavy (non-hydrogen) atoms. The Kier molecular flexibility index (Phi) is 10.4. The molecule has 0 aliphatic heterocycles. The van der Waals surface area contributed by atoms with Gasteiger partial charge in [-0.2, -0.15) is 0 Å². The van der Waals surface area contributed by atoms with Gasteiger partial charge in [0.2, 0.25) is 0 Å². The van der Waals surface area contributed by atoms with E-state index < -0.39 is 0 Å². The fourth-order valence-electron chi connectivity index (χ4n) is 1.93. The zero-order chi connectivity index (χ0) is 13.8. The molecular formula is C17H19ClRu+. The van der Waals surface area contributed by atoms with Gasteiger partial charge in [0.1, 0.15) is 0 Å². The van der Waals surface area contributed by atoms with Gasteiger partial charge in [0.05, 0.1) is 0 Å². The van der Waals surface area contributed by atoms with Gasteiger partial charge in [-0.25, -0.2) is 0 Å². The summed E-state index contributed by atoms with van der Waals surface area (Å²) >= 11 is 1.82. The molecule has 2 heteroatoms. The first-order valence-corrected chi connectivity index (χ1v) is 8.74. The third kappa shape index (κ3) is 7.28. The minimum absolute atomic E-state index is 1.23. The Hall–Kier alpha value is -0.127.